The number of benzene rings is 2. The molecular formula is C21H22N2O5. The van der Waals surface area contributed by atoms with Crippen LogP contribution in [0.5, 0.6) is 11.5 Å². The summed E-state index contributed by atoms with van der Waals surface area (Å²) in [7, 11) is 3.14. The van der Waals surface area contributed by atoms with Crippen LogP contribution in [0.4, 0.5) is 5.69 Å². The van der Waals surface area contributed by atoms with Gasteiger partial charge in [0.15, 0.2) is 17.3 Å². The van der Waals surface area contributed by atoms with E-state index in [0.29, 0.717) is 42.3 Å². The quantitative estimate of drug-likeness (QED) is 0.648. The number of carbonyl (C=O) groups excluding carboxylic acids is 3. The minimum Gasteiger partial charge on any atom is -0.493 e. The summed E-state index contributed by atoms with van der Waals surface area (Å²) in [6.45, 7) is 2.24. The zero-order valence-corrected chi connectivity index (χ0v) is 16.1. The molecule has 7 nitrogen and oxygen atoms in total. The van der Waals surface area contributed by atoms with Crippen molar-refractivity contribution in [3.63, 3.8) is 0 Å². The first-order chi connectivity index (χ1) is 13.4. The number of hydrogen-bond donors (Lipinski definition) is 1. The summed E-state index contributed by atoms with van der Waals surface area (Å²) in [6.07, 6.45) is 0.627. The van der Waals surface area contributed by atoms with Gasteiger partial charge in [-0.2, -0.15) is 0 Å². The van der Waals surface area contributed by atoms with E-state index in [4.69, 9.17) is 9.47 Å². The lowest BCUT2D eigenvalue weighted by atomic mass is 9.98. The van der Waals surface area contributed by atoms with E-state index in [1.54, 1.807) is 38.5 Å². The van der Waals surface area contributed by atoms with Gasteiger partial charge >= 0.3 is 11.8 Å². The third-order valence-corrected chi connectivity index (χ3v) is 4.75. The molecule has 3 rings (SSSR count). The molecule has 1 heterocycles. The van der Waals surface area contributed by atoms with Crippen molar-refractivity contribution in [2.75, 3.05) is 26.1 Å². The summed E-state index contributed by atoms with van der Waals surface area (Å²) in [6, 6.07) is 10.2. The monoisotopic (exact) mass is 382 g/mol. The Morgan fingerprint density at radius 3 is 2.14 bits per heavy atom. The number of hydrogen-bond acceptors (Lipinski definition) is 5. The van der Waals surface area contributed by atoms with Gasteiger partial charge in [-0.1, -0.05) is 0 Å². The molecule has 0 radical (unpaired) electrons. The third-order valence-electron chi connectivity index (χ3n) is 4.75. The number of fused-ring (bicyclic) bond motifs is 1. The van der Waals surface area contributed by atoms with E-state index in [0.717, 1.165) is 11.1 Å². The second-order valence-corrected chi connectivity index (χ2v) is 6.54. The molecule has 2 aromatic carbocycles. The van der Waals surface area contributed by atoms with Gasteiger partial charge in [-0.05, 0) is 60.9 Å². The van der Waals surface area contributed by atoms with E-state index in [9.17, 15) is 14.4 Å². The second-order valence-electron chi connectivity index (χ2n) is 6.54. The van der Waals surface area contributed by atoms with Crippen LogP contribution < -0.4 is 14.8 Å². The predicted molar refractivity (Wildman–Crippen MR) is 104 cm³/mol. The lowest BCUT2D eigenvalue weighted by molar-refractivity contribution is -0.143. The maximum Gasteiger partial charge on any atom is 0.313 e. The van der Waals surface area contributed by atoms with Gasteiger partial charge in [-0.25, -0.2) is 0 Å². The van der Waals surface area contributed by atoms with Crippen molar-refractivity contribution in [1.82, 2.24) is 4.90 Å². The molecule has 0 aromatic heterocycles. The maximum atomic E-state index is 12.6. The van der Waals surface area contributed by atoms with Crippen LogP contribution in [0, 0.1) is 0 Å². The number of carbonyl (C=O) groups is 3. The average molecular weight is 382 g/mol. The van der Waals surface area contributed by atoms with Crippen molar-refractivity contribution >= 4 is 23.3 Å². The van der Waals surface area contributed by atoms with E-state index in [1.165, 1.54) is 11.8 Å². The van der Waals surface area contributed by atoms with Crippen LogP contribution in [0.1, 0.15) is 28.4 Å². The molecule has 0 aliphatic carbocycles. The molecule has 2 amide bonds. The molecular weight excluding hydrogens is 360 g/mol. The standard InChI is InChI=1S/C21H22N2O5/c1-13(24)14-4-6-17(7-5-14)22-20(25)21(26)23-9-8-15-10-18(27-2)19(28-3)11-16(15)12-23/h4-7,10-11H,8-9,12H2,1-3H3,(H,22,25). The molecule has 0 spiro atoms. The average Bonchev–Trinajstić information content (AvgIpc) is 2.71. The molecule has 0 bridgehead atoms. The SMILES string of the molecule is COc1cc2c(cc1OC)CN(C(=O)C(=O)Nc1ccc(C(C)=O)cc1)CC2. The molecule has 7 heteroatoms. The van der Waals surface area contributed by atoms with Crippen molar-refractivity contribution in [1.29, 1.82) is 0 Å². The third kappa shape index (κ3) is 3.98. The number of Topliss-reactive ketones (excluding diaryl/α,β-unsaturated/α-hetero) is 1. The highest BCUT2D eigenvalue weighted by atomic mass is 16.5. The van der Waals surface area contributed by atoms with Gasteiger partial charge < -0.3 is 19.7 Å². The van der Waals surface area contributed by atoms with E-state index < -0.39 is 11.8 Å². The first kappa shape index (κ1) is 19.4. The Balaban J connectivity index is 1.69. The van der Waals surface area contributed by atoms with Crippen LogP contribution in [-0.4, -0.2) is 43.3 Å². The molecule has 0 saturated heterocycles. The maximum absolute atomic E-state index is 12.6. The first-order valence-corrected chi connectivity index (χ1v) is 8.88. The number of rotatable bonds is 4. The number of nitrogens with zero attached hydrogens (tertiary/aromatic N) is 1. The Hall–Kier alpha value is -3.35. The molecule has 28 heavy (non-hydrogen) atoms. The summed E-state index contributed by atoms with van der Waals surface area (Å²) in [5.41, 5.74) is 3.01. The normalized spacial score (nSPS) is 12.8. The Bertz CT molecular complexity index is 921. The van der Waals surface area contributed by atoms with Gasteiger partial charge in [0.25, 0.3) is 0 Å². The van der Waals surface area contributed by atoms with Gasteiger partial charge in [-0.3, -0.25) is 14.4 Å². The summed E-state index contributed by atoms with van der Waals surface area (Å²) >= 11 is 0. The lowest BCUT2D eigenvalue weighted by Gasteiger charge is -2.29. The van der Waals surface area contributed by atoms with Crippen LogP contribution in [0.15, 0.2) is 36.4 Å². The second kappa shape index (κ2) is 8.12. The molecule has 146 valence electrons. The first-order valence-electron chi connectivity index (χ1n) is 8.88. The van der Waals surface area contributed by atoms with E-state index >= 15 is 0 Å². The topological polar surface area (TPSA) is 84.9 Å². The van der Waals surface area contributed by atoms with Crippen molar-refractivity contribution in [3.8, 4) is 11.5 Å². The smallest absolute Gasteiger partial charge is 0.313 e. The Labute approximate surface area is 163 Å². The fraction of sp³-hybridized carbons (Fsp3) is 0.286. The molecule has 2 aromatic rings. The highest BCUT2D eigenvalue weighted by Crippen LogP contribution is 2.33. The number of nitrogens with one attached hydrogen (secondary N) is 1. The summed E-state index contributed by atoms with van der Waals surface area (Å²) in [5, 5.41) is 2.58. The summed E-state index contributed by atoms with van der Waals surface area (Å²) in [4.78, 5) is 37.7. The van der Waals surface area contributed by atoms with Gasteiger partial charge in [0.2, 0.25) is 0 Å². The van der Waals surface area contributed by atoms with E-state index in [1.807, 2.05) is 12.1 Å². The largest absolute Gasteiger partial charge is 0.493 e. The number of anilines is 1. The minimum atomic E-state index is -0.709. The summed E-state index contributed by atoms with van der Waals surface area (Å²) in [5.74, 6) is -0.137. The molecule has 0 fully saturated rings. The van der Waals surface area contributed by atoms with Crippen LogP contribution in [0.2, 0.25) is 0 Å². The number of ketones is 1. The van der Waals surface area contributed by atoms with Gasteiger partial charge in [0.1, 0.15) is 0 Å². The Morgan fingerprint density at radius 2 is 1.57 bits per heavy atom. The predicted octanol–water partition coefficient (Wildman–Crippen LogP) is 2.43. The van der Waals surface area contributed by atoms with Gasteiger partial charge in [0, 0.05) is 24.3 Å². The fourth-order valence-corrected chi connectivity index (χ4v) is 3.17. The molecule has 0 saturated carbocycles. The number of amides is 2. The lowest BCUT2D eigenvalue weighted by Crippen LogP contribution is -2.42. The van der Waals surface area contributed by atoms with Crippen molar-refractivity contribution in [2.45, 2.75) is 19.9 Å². The number of methoxy groups -OCH3 is 2. The van der Waals surface area contributed by atoms with Gasteiger partial charge in [0.05, 0.1) is 14.2 Å². The van der Waals surface area contributed by atoms with Gasteiger partial charge in [-0.15, -0.1) is 0 Å². The minimum absolute atomic E-state index is 0.0620. The molecule has 0 unspecified atom stereocenters. The number of ether oxygens (including phenoxy) is 2. The van der Waals surface area contributed by atoms with Crippen LogP contribution >= 0.6 is 0 Å². The highest BCUT2D eigenvalue weighted by molar-refractivity contribution is 6.39. The van der Waals surface area contributed by atoms with Crippen LogP contribution in [0.25, 0.3) is 0 Å². The molecule has 0 atom stereocenters. The molecule has 1 N–H and O–H groups in total. The van der Waals surface area contributed by atoms with E-state index in [-0.39, 0.29) is 5.78 Å². The fourth-order valence-electron chi connectivity index (χ4n) is 3.17. The Morgan fingerprint density at radius 1 is 0.964 bits per heavy atom. The van der Waals surface area contributed by atoms with Crippen molar-refractivity contribution in [2.24, 2.45) is 0 Å². The van der Waals surface area contributed by atoms with Crippen molar-refractivity contribution in [3.05, 3.63) is 53.1 Å². The highest BCUT2D eigenvalue weighted by Gasteiger charge is 2.27. The zero-order chi connectivity index (χ0) is 20.3. The zero-order valence-electron chi connectivity index (χ0n) is 16.1. The molecule has 1 aliphatic rings. The molecule has 1 aliphatic heterocycles. The van der Waals surface area contributed by atoms with E-state index in [2.05, 4.69) is 5.32 Å². The van der Waals surface area contributed by atoms with Crippen molar-refractivity contribution < 1.29 is 23.9 Å². The summed E-state index contributed by atoms with van der Waals surface area (Å²) < 4.78 is 10.6. The van der Waals surface area contributed by atoms with Crippen LogP contribution in [0.3, 0.4) is 0 Å². The Kier molecular flexibility index (Phi) is 5.63. The van der Waals surface area contributed by atoms with Crippen LogP contribution in [-0.2, 0) is 22.6 Å².